The van der Waals surface area contributed by atoms with Crippen molar-refractivity contribution in [1.29, 1.82) is 0 Å². The normalized spacial score (nSPS) is 15.6. The molecule has 2 aromatic rings. The van der Waals surface area contributed by atoms with Crippen LogP contribution in [0.1, 0.15) is 45.1 Å². The van der Waals surface area contributed by atoms with Gasteiger partial charge in [-0.05, 0) is 68.7 Å². The fraction of sp³-hybridized carbons (Fsp3) is 0.409. The molecule has 0 aromatic heterocycles. The van der Waals surface area contributed by atoms with Gasteiger partial charge in [0.1, 0.15) is 11.6 Å². The van der Waals surface area contributed by atoms with E-state index >= 15 is 0 Å². The molecular weight excluding hydrogens is 359 g/mol. The van der Waals surface area contributed by atoms with Gasteiger partial charge in [0, 0.05) is 23.7 Å². The predicted octanol–water partition coefficient (Wildman–Crippen LogP) is 5.41. The van der Waals surface area contributed by atoms with Gasteiger partial charge >= 0.3 is 0 Å². The molecule has 27 heavy (non-hydrogen) atoms. The molecule has 2 aromatic carbocycles. The highest BCUT2D eigenvalue weighted by Crippen LogP contribution is 2.40. The van der Waals surface area contributed by atoms with E-state index in [2.05, 4.69) is 10.6 Å². The largest absolute Gasteiger partial charge is 0.491 e. The Morgan fingerprint density at radius 1 is 1.15 bits per heavy atom. The molecule has 0 unspecified atom stereocenters. The minimum atomic E-state index is -0.194. The van der Waals surface area contributed by atoms with Crippen molar-refractivity contribution in [3.05, 3.63) is 59.9 Å². The summed E-state index contributed by atoms with van der Waals surface area (Å²) in [5.41, 5.74) is 2.10. The van der Waals surface area contributed by atoms with Crippen LogP contribution in [-0.2, 0) is 5.41 Å². The third-order valence-electron chi connectivity index (χ3n) is 5.07. The summed E-state index contributed by atoms with van der Waals surface area (Å²) >= 11 is 5.50. The van der Waals surface area contributed by atoms with Crippen molar-refractivity contribution in [2.45, 2.75) is 51.0 Å². The molecule has 0 amide bonds. The predicted molar refractivity (Wildman–Crippen MR) is 113 cm³/mol. The molecule has 2 N–H and O–H groups in total. The second-order valence-corrected chi connectivity index (χ2v) is 7.90. The van der Waals surface area contributed by atoms with E-state index in [0.29, 0.717) is 5.11 Å². The Kier molecular flexibility index (Phi) is 6.32. The maximum atomic E-state index is 13.3. The van der Waals surface area contributed by atoms with Crippen LogP contribution in [0.2, 0.25) is 0 Å². The summed E-state index contributed by atoms with van der Waals surface area (Å²) in [4.78, 5) is 0. The zero-order valence-corrected chi connectivity index (χ0v) is 16.7. The number of benzene rings is 2. The molecule has 0 atom stereocenters. The van der Waals surface area contributed by atoms with Crippen molar-refractivity contribution in [2.75, 3.05) is 11.9 Å². The van der Waals surface area contributed by atoms with Gasteiger partial charge in [0.05, 0.1) is 6.10 Å². The molecule has 1 fully saturated rings. The van der Waals surface area contributed by atoms with Crippen LogP contribution >= 0.6 is 12.2 Å². The Morgan fingerprint density at radius 2 is 1.85 bits per heavy atom. The topological polar surface area (TPSA) is 33.3 Å². The molecule has 144 valence electrons. The second-order valence-electron chi connectivity index (χ2n) is 7.50. The molecule has 0 bridgehead atoms. The molecule has 0 spiro atoms. The van der Waals surface area contributed by atoms with Gasteiger partial charge in [-0.3, -0.25) is 0 Å². The van der Waals surface area contributed by atoms with Crippen molar-refractivity contribution in [2.24, 2.45) is 0 Å². The molecule has 0 heterocycles. The Balaban J connectivity index is 1.62. The van der Waals surface area contributed by atoms with Crippen LogP contribution < -0.4 is 15.4 Å². The number of hydrogen-bond acceptors (Lipinski definition) is 2. The van der Waals surface area contributed by atoms with Crippen LogP contribution in [0, 0.1) is 5.82 Å². The van der Waals surface area contributed by atoms with Crippen LogP contribution in [0.3, 0.4) is 0 Å². The minimum absolute atomic E-state index is 0.0159. The zero-order valence-electron chi connectivity index (χ0n) is 15.9. The summed E-state index contributed by atoms with van der Waals surface area (Å²) in [5.74, 6) is 0.622. The highest BCUT2D eigenvalue weighted by Gasteiger charge is 2.35. The molecule has 1 aliphatic carbocycles. The van der Waals surface area contributed by atoms with Crippen molar-refractivity contribution in [1.82, 2.24) is 5.32 Å². The molecular formula is C22H27FN2OS. The number of halogens is 1. The first-order valence-corrected chi connectivity index (χ1v) is 9.95. The first-order valence-electron chi connectivity index (χ1n) is 9.54. The van der Waals surface area contributed by atoms with Gasteiger partial charge in [0.15, 0.2) is 5.11 Å². The van der Waals surface area contributed by atoms with E-state index in [1.165, 1.54) is 18.4 Å². The van der Waals surface area contributed by atoms with Crippen LogP contribution in [0.15, 0.2) is 48.5 Å². The number of nitrogens with one attached hydrogen (secondary N) is 2. The molecule has 5 heteroatoms. The summed E-state index contributed by atoms with van der Waals surface area (Å²) in [6.45, 7) is 4.75. The molecule has 0 aliphatic heterocycles. The summed E-state index contributed by atoms with van der Waals surface area (Å²) in [6, 6.07) is 14.7. The molecule has 1 saturated carbocycles. The van der Waals surface area contributed by atoms with Gasteiger partial charge < -0.3 is 15.4 Å². The molecule has 0 radical (unpaired) electrons. The van der Waals surface area contributed by atoms with Crippen LogP contribution in [0.5, 0.6) is 5.75 Å². The quantitative estimate of drug-likeness (QED) is 0.650. The lowest BCUT2D eigenvalue weighted by Crippen LogP contribution is -2.40. The summed E-state index contributed by atoms with van der Waals surface area (Å²) in [7, 11) is 0. The van der Waals surface area contributed by atoms with Crippen molar-refractivity contribution < 1.29 is 9.13 Å². The monoisotopic (exact) mass is 386 g/mol. The Bertz CT molecular complexity index is 770. The molecule has 0 saturated heterocycles. The lowest BCUT2D eigenvalue weighted by atomic mass is 9.79. The number of thiocarbonyl (C=S) groups is 1. The molecule has 1 aliphatic rings. The average Bonchev–Trinajstić information content (AvgIpc) is 3.10. The van der Waals surface area contributed by atoms with Crippen LogP contribution in [0.25, 0.3) is 0 Å². The molecule has 3 nitrogen and oxygen atoms in total. The van der Waals surface area contributed by atoms with Crippen molar-refractivity contribution in [3.8, 4) is 5.75 Å². The van der Waals surface area contributed by atoms with Gasteiger partial charge in [0.25, 0.3) is 0 Å². The SMILES string of the molecule is CC(C)Oc1cccc(NC(=S)NCC2(c3ccc(F)cc3)CCCC2)c1. The lowest BCUT2D eigenvalue weighted by Gasteiger charge is -2.30. The first kappa shape index (κ1) is 19.6. The fourth-order valence-electron chi connectivity index (χ4n) is 3.77. The Morgan fingerprint density at radius 3 is 2.52 bits per heavy atom. The standard InChI is InChI=1S/C22H27FN2OS/c1-16(2)26-20-7-5-6-19(14-20)25-21(27)24-15-22(12-3-4-13-22)17-8-10-18(23)11-9-17/h5-11,14,16H,3-4,12-13,15H2,1-2H3,(H2,24,25,27). The first-order chi connectivity index (χ1) is 13.0. The number of anilines is 1. The minimum Gasteiger partial charge on any atom is -0.491 e. The summed E-state index contributed by atoms with van der Waals surface area (Å²) in [5, 5.41) is 7.20. The Hall–Kier alpha value is -2.14. The molecule has 3 rings (SSSR count). The number of ether oxygens (including phenoxy) is 1. The third kappa shape index (κ3) is 5.19. The van der Waals surface area contributed by atoms with Crippen molar-refractivity contribution in [3.63, 3.8) is 0 Å². The van der Waals surface area contributed by atoms with Crippen LogP contribution in [0.4, 0.5) is 10.1 Å². The van der Waals surface area contributed by atoms with E-state index in [1.807, 2.05) is 50.2 Å². The fourth-order valence-corrected chi connectivity index (χ4v) is 3.96. The Labute approximate surface area is 166 Å². The van der Waals surface area contributed by atoms with Crippen molar-refractivity contribution >= 4 is 23.0 Å². The number of hydrogen-bond donors (Lipinski definition) is 2. The van der Waals surface area contributed by atoms with E-state index in [1.54, 1.807) is 12.1 Å². The van der Waals surface area contributed by atoms with E-state index in [4.69, 9.17) is 17.0 Å². The van der Waals surface area contributed by atoms with Gasteiger partial charge in [-0.2, -0.15) is 0 Å². The van der Waals surface area contributed by atoms with Gasteiger partial charge in [-0.15, -0.1) is 0 Å². The maximum Gasteiger partial charge on any atom is 0.170 e. The average molecular weight is 387 g/mol. The van der Waals surface area contributed by atoms with E-state index in [9.17, 15) is 4.39 Å². The third-order valence-corrected chi connectivity index (χ3v) is 5.31. The van der Waals surface area contributed by atoms with Gasteiger partial charge in [-0.1, -0.05) is 31.0 Å². The smallest absolute Gasteiger partial charge is 0.170 e. The second kappa shape index (κ2) is 8.70. The summed E-state index contributed by atoms with van der Waals surface area (Å²) < 4.78 is 19.0. The van der Waals surface area contributed by atoms with E-state index < -0.39 is 0 Å². The van der Waals surface area contributed by atoms with Crippen LogP contribution in [-0.4, -0.2) is 17.8 Å². The van der Waals surface area contributed by atoms with E-state index in [0.717, 1.165) is 30.8 Å². The number of rotatable bonds is 6. The lowest BCUT2D eigenvalue weighted by molar-refractivity contribution is 0.242. The van der Waals surface area contributed by atoms with Gasteiger partial charge in [0.2, 0.25) is 0 Å². The maximum absolute atomic E-state index is 13.3. The van der Waals surface area contributed by atoms with E-state index in [-0.39, 0.29) is 17.3 Å². The van der Waals surface area contributed by atoms with Gasteiger partial charge in [-0.25, -0.2) is 4.39 Å². The summed E-state index contributed by atoms with van der Waals surface area (Å²) in [6.07, 6.45) is 4.68. The highest BCUT2D eigenvalue weighted by molar-refractivity contribution is 7.80. The highest BCUT2D eigenvalue weighted by atomic mass is 32.1. The zero-order chi connectivity index (χ0) is 19.3.